The normalized spacial score (nSPS) is 12.3. The number of hydrogen-bond donors (Lipinski definition) is 1. The Bertz CT molecular complexity index is 923. The Balaban J connectivity index is 2.06. The van der Waals surface area contributed by atoms with E-state index in [4.69, 9.17) is 0 Å². The highest BCUT2D eigenvalue weighted by Gasteiger charge is 2.29. The molecule has 1 amide bonds. The topological polar surface area (TPSA) is 69.7 Å². The zero-order valence-corrected chi connectivity index (χ0v) is 16.7. The molecule has 0 spiro atoms. The number of benzene rings is 2. The van der Waals surface area contributed by atoms with Crippen molar-refractivity contribution >= 4 is 27.3 Å². The molecule has 0 saturated carbocycles. The lowest BCUT2D eigenvalue weighted by atomic mass is 10.2. The van der Waals surface area contributed by atoms with Crippen LogP contribution in [0.2, 0.25) is 0 Å². The fourth-order valence-corrected chi connectivity index (χ4v) is 3.90. The third kappa shape index (κ3) is 5.41. The summed E-state index contributed by atoms with van der Waals surface area (Å²) in [5.74, 6) is -2.84. The summed E-state index contributed by atoms with van der Waals surface area (Å²) in [7, 11) is -2.03. The molecule has 0 aromatic heterocycles. The lowest BCUT2D eigenvalue weighted by Gasteiger charge is -2.28. The van der Waals surface area contributed by atoms with Gasteiger partial charge in [-0.3, -0.25) is 9.10 Å². The number of amides is 1. The minimum absolute atomic E-state index is 0.120. The van der Waals surface area contributed by atoms with Crippen molar-refractivity contribution in [2.75, 3.05) is 35.6 Å². The van der Waals surface area contributed by atoms with Gasteiger partial charge in [-0.15, -0.1) is 0 Å². The van der Waals surface area contributed by atoms with Crippen LogP contribution in [-0.4, -0.2) is 46.8 Å². The molecule has 6 nitrogen and oxygen atoms in total. The van der Waals surface area contributed by atoms with Gasteiger partial charge in [0.15, 0.2) is 11.6 Å². The lowest BCUT2D eigenvalue weighted by Crippen LogP contribution is -2.49. The van der Waals surface area contributed by atoms with Crippen molar-refractivity contribution in [3.63, 3.8) is 0 Å². The zero-order valence-electron chi connectivity index (χ0n) is 15.9. The Hall–Kier alpha value is -2.68. The molecule has 0 saturated heterocycles. The molecule has 0 aliphatic rings. The number of likely N-dealkylation sites (N-methyl/N-ethyl adjacent to an activating group) is 1. The summed E-state index contributed by atoms with van der Waals surface area (Å²) in [5.41, 5.74) is 0.856. The molecule has 2 rings (SSSR count). The number of nitrogens with zero attached hydrogens (tertiary/aromatic N) is 2. The van der Waals surface area contributed by atoms with E-state index in [-0.39, 0.29) is 12.2 Å². The number of halogens is 2. The SMILES string of the molecule is C[C@@H](C(=O)NCCN(C)c1ccccc1)N(c1ccc(F)c(F)c1)S(C)(=O)=O. The number of carbonyl (C=O) groups excluding carboxylic acids is 1. The van der Waals surface area contributed by atoms with Crippen molar-refractivity contribution < 1.29 is 22.0 Å². The molecule has 0 radical (unpaired) electrons. The quantitative estimate of drug-likeness (QED) is 0.724. The van der Waals surface area contributed by atoms with Crippen molar-refractivity contribution in [2.45, 2.75) is 13.0 Å². The predicted molar refractivity (Wildman–Crippen MR) is 106 cm³/mol. The fourth-order valence-electron chi connectivity index (χ4n) is 2.74. The maximum atomic E-state index is 13.5. The number of nitrogens with one attached hydrogen (secondary N) is 1. The summed E-state index contributed by atoms with van der Waals surface area (Å²) in [6.07, 6.45) is 0.904. The summed E-state index contributed by atoms with van der Waals surface area (Å²) in [4.78, 5) is 14.4. The van der Waals surface area contributed by atoms with E-state index in [1.165, 1.54) is 6.92 Å². The van der Waals surface area contributed by atoms with Crippen molar-refractivity contribution in [3.8, 4) is 0 Å². The van der Waals surface area contributed by atoms with Crippen LogP contribution in [0.25, 0.3) is 0 Å². The number of anilines is 2. The van der Waals surface area contributed by atoms with Gasteiger partial charge >= 0.3 is 0 Å². The van der Waals surface area contributed by atoms with E-state index < -0.39 is 33.6 Å². The van der Waals surface area contributed by atoms with Crippen LogP contribution in [0.15, 0.2) is 48.5 Å². The van der Waals surface area contributed by atoms with E-state index in [0.29, 0.717) is 6.54 Å². The van der Waals surface area contributed by atoms with Crippen molar-refractivity contribution in [2.24, 2.45) is 0 Å². The first kappa shape index (κ1) is 21.6. The molecule has 0 fully saturated rings. The highest BCUT2D eigenvalue weighted by molar-refractivity contribution is 7.92. The highest BCUT2D eigenvalue weighted by Crippen LogP contribution is 2.23. The van der Waals surface area contributed by atoms with Crippen molar-refractivity contribution in [3.05, 3.63) is 60.2 Å². The van der Waals surface area contributed by atoms with Gasteiger partial charge in [0.1, 0.15) is 6.04 Å². The average Bonchev–Trinajstić information content (AvgIpc) is 2.64. The molecular weight excluding hydrogens is 388 g/mol. The third-order valence-corrected chi connectivity index (χ3v) is 5.43. The molecule has 1 N–H and O–H groups in total. The summed E-state index contributed by atoms with van der Waals surface area (Å²) < 4.78 is 51.8. The van der Waals surface area contributed by atoms with Gasteiger partial charge < -0.3 is 10.2 Å². The van der Waals surface area contributed by atoms with Gasteiger partial charge in [0.25, 0.3) is 0 Å². The second kappa shape index (κ2) is 9.01. The molecule has 9 heteroatoms. The Morgan fingerprint density at radius 2 is 1.71 bits per heavy atom. The Kier molecular flexibility index (Phi) is 6.95. The molecule has 152 valence electrons. The predicted octanol–water partition coefficient (Wildman–Crippen LogP) is 2.37. The van der Waals surface area contributed by atoms with Crippen molar-refractivity contribution in [1.29, 1.82) is 0 Å². The smallest absolute Gasteiger partial charge is 0.243 e. The summed E-state index contributed by atoms with van der Waals surface area (Å²) in [5, 5.41) is 2.68. The first-order chi connectivity index (χ1) is 13.1. The van der Waals surface area contributed by atoms with Gasteiger partial charge in [-0.1, -0.05) is 18.2 Å². The van der Waals surface area contributed by atoms with Gasteiger partial charge in [-0.05, 0) is 31.2 Å². The number of sulfonamides is 1. The molecular formula is C19H23F2N3O3S. The van der Waals surface area contributed by atoms with Crippen LogP contribution in [0.5, 0.6) is 0 Å². The largest absolute Gasteiger partial charge is 0.373 e. The van der Waals surface area contributed by atoms with Crippen molar-refractivity contribution in [1.82, 2.24) is 5.32 Å². The molecule has 0 aliphatic carbocycles. The van der Waals surface area contributed by atoms with Gasteiger partial charge in [-0.2, -0.15) is 0 Å². The fraction of sp³-hybridized carbons (Fsp3) is 0.316. The first-order valence-corrected chi connectivity index (χ1v) is 10.4. The minimum atomic E-state index is -3.90. The molecule has 0 heterocycles. The summed E-state index contributed by atoms with van der Waals surface area (Å²) >= 11 is 0. The van der Waals surface area contributed by atoms with Gasteiger partial charge in [0.2, 0.25) is 15.9 Å². The standard InChI is InChI=1S/C19H23F2N3O3S/c1-14(19(25)22-11-12-23(2)15-7-5-4-6-8-15)24(28(3,26)27)16-9-10-17(20)18(21)13-16/h4-10,13-14H,11-12H2,1-3H3,(H,22,25)/t14-/m0/s1. The Morgan fingerprint density at radius 3 is 2.29 bits per heavy atom. The van der Waals surface area contributed by atoms with Crippen LogP contribution in [0.4, 0.5) is 20.2 Å². The number of rotatable bonds is 8. The zero-order chi connectivity index (χ0) is 20.9. The van der Waals surface area contributed by atoms with Crippen LogP contribution >= 0.6 is 0 Å². The molecule has 0 unspecified atom stereocenters. The van der Waals surface area contributed by atoms with E-state index in [1.54, 1.807) is 0 Å². The van der Waals surface area contributed by atoms with Crippen LogP contribution in [-0.2, 0) is 14.8 Å². The van der Waals surface area contributed by atoms with Gasteiger partial charge in [0, 0.05) is 31.9 Å². The summed E-state index contributed by atoms with van der Waals surface area (Å²) in [6, 6.07) is 11.1. The molecule has 1 atom stereocenters. The maximum absolute atomic E-state index is 13.5. The number of para-hydroxylation sites is 1. The lowest BCUT2D eigenvalue weighted by molar-refractivity contribution is -0.121. The molecule has 2 aromatic rings. The average molecular weight is 411 g/mol. The van der Waals surface area contributed by atoms with E-state index in [9.17, 15) is 22.0 Å². The third-order valence-electron chi connectivity index (χ3n) is 4.19. The molecule has 0 bridgehead atoms. The summed E-state index contributed by atoms with van der Waals surface area (Å²) in [6.45, 7) is 2.18. The van der Waals surface area contributed by atoms with Gasteiger partial charge in [-0.25, -0.2) is 17.2 Å². The number of hydrogen-bond acceptors (Lipinski definition) is 4. The van der Waals surface area contributed by atoms with Gasteiger partial charge in [0.05, 0.1) is 11.9 Å². The van der Waals surface area contributed by atoms with E-state index >= 15 is 0 Å². The Labute approximate surface area is 163 Å². The monoisotopic (exact) mass is 411 g/mol. The maximum Gasteiger partial charge on any atom is 0.243 e. The minimum Gasteiger partial charge on any atom is -0.373 e. The number of carbonyl (C=O) groups is 1. The second-order valence-corrected chi connectivity index (χ2v) is 8.24. The molecule has 2 aromatic carbocycles. The van der Waals surface area contributed by atoms with Crippen LogP contribution in [0.1, 0.15) is 6.92 Å². The van der Waals surface area contributed by atoms with E-state index in [2.05, 4.69) is 5.32 Å². The second-order valence-electron chi connectivity index (χ2n) is 6.38. The van der Waals surface area contributed by atoms with E-state index in [1.807, 2.05) is 42.3 Å². The van der Waals surface area contributed by atoms with Crippen LogP contribution < -0.4 is 14.5 Å². The molecule has 28 heavy (non-hydrogen) atoms. The Morgan fingerprint density at radius 1 is 1.07 bits per heavy atom. The van der Waals surface area contributed by atoms with E-state index in [0.717, 1.165) is 34.4 Å². The van der Waals surface area contributed by atoms with Crippen LogP contribution in [0, 0.1) is 11.6 Å². The first-order valence-electron chi connectivity index (χ1n) is 8.59. The van der Waals surface area contributed by atoms with Crippen LogP contribution in [0.3, 0.4) is 0 Å². The highest BCUT2D eigenvalue weighted by atomic mass is 32.2. The molecule has 0 aliphatic heterocycles.